The van der Waals surface area contributed by atoms with Crippen molar-refractivity contribution in [3.8, 4) is 11.5 Å². The molecule has 0 amide bonds. The smallest absolute Gasteiger partial charge is 0.191 e. The van der Waals surface area contributed by atoms with Crippen molar-refractivity contribution in [2.24, 2.45) is 4.99 Å². The molecule has 1 aromatic rings. The van der Waals surface area contributed by atoms with Crippen LogP contribution in [0.25, 0.3) is 0 Å². The normalized spacial score (nSPS) is 18.4. The summed E-state index contributed by atoms with van der Waals surface area (Å²) in [6.45, 7) is 5.61. The van der Waals surface area contributed by atoms with Crippen molar-refractivity contribution in [2.75, 3.05) is 47.1 Å². The Morgan fingerprint density at radius 3 is 2.96 bits per heavy atom. The Balaban J connectivity index is 1.57. The maximum atomic E-state index is 5.82. The van der Waals surface area contributed by atoms with Crippen LogP contribution in [-0.2, 0) is 9.47 Å². The third kappa shape index (κ3) is 7.49. The number of guanidine groups is 1. The second-order valence-corrected chi connectivity index (χ2v) is 6.24. The number of hydrogen-bond acceptors (Lipinski definition) is 5. The van der Waals surface area contributed by atoms with Gasteiger partial charge in [0.05, 0.1) is 33.0 Å². The maximum Gasteiger partial charge on any atom is 0.191 e. The molecular formula is C19H31N3O4. The van der Waals surface area contributed by atoms with Crippen molar-refractivity contribution >= 4 is 5.96 Å². The van der Waals surface area contributed by atoms with Gasteiger partial charge in [-0.1, -0.05) is 6.07 Å². The second kappa shape index (κ2) is 11.6. The zero-order chi connectivity index (χ0) is 18.6. The van der Waals surface area contributed by atoms with Crippen molar-refractivity contribution in [1.82, 2.24) is 10.6 Å². The quantitative estimate of drug-likeness (QED) is 0.374. The fourth-order valence-corrected chi connectivity index (χ4v) is 2.55. The summed E-state index contributed by atoms with van der Waals surface area (Å²) in [4.78, 5) is 4.24. The summed E-state index contributed by atoms with van der Waals surface area (Å²) in [5.74, 6) is 2.38. The van der Waals surface area contributed by atoms with Crippen LogP contribution in [0, 0.1) is 0 Å². The van der Waals surface area contributed by atoms with Gasteiger partial charge in [-0.2, -0.15) is 0 Å². The lowest BCUT2D eigenvalue weighted by atomic mass is 10.3. The van der Waals surface area contributed by atoms with Gasteiger partial charge in [-0.25, -0.2) is 0 Å². The highest BCUT2D eigenvalue weighted by molar-refractivity contribution is 5.79. The molecule has 1 saturated heterocycles. The third-order valence-electron chi connectivity index (χ3n) is 4.00. The Labute approximate surface area is 156 Å². The Morgan fingerprint density at radius 2 is 2.23 bits per heavy atom. The first-order valence-electron chi connectivity index (χ1n) is 9.14. The minimum Gasteiger partial charge on any atom is -0.497 e. The zero-order valence-electron chi connectivity index (χ0n) is 16.0. The van der Waals surface area contributed by atoms with Crippen LogP contribution in [0.4, 0.5) is 0 Å². The van der Waals surface area contributed by atoms with Crippen molar-refractivity contribution in [3.63, 3.8) is 0 Å². The number of rotatable bonds is 10. The van der Waals surface area contributed by atoms with Crippen molar-refractivity contribution < 1.29 is 18.9 Å². The second-order valence-electron chi connectivity index (χ2n) is 6.24. The first-order valence-corrected chi connectivity index (χ1v) is 9.14. The summed E-state index contributed by atoms with van der Waals surface area (Å²) >= 11 is 0. The largest absolute Gasteiger partial charge is 0.497 e. The van der Waals surface area contributed by atoms with Crippen LogP contribution in [-0.4, -0.2) is 65.2 Å². The highest BCUT2D eigenvalue weighted by Crippen LogP contribution is 2.18. The molecule has 2 unspecified atom stereocenters. The van der Waals surface area contributed by atoms with Crippen LogP contribution in [0.3, 0.4) is 0 Å². The van der Waals surface area contributed by atoms with E-state index in [1.54, 1.807) is 14.2 Å². The molecule has 1 aliphatic rings. The van der Waals surface area contributed by atoms with Crippen LogP contribution >= 0.6 is 0 Å². The van der Waals surface area contributed by atoms with E-state index in [9.17, 15) is 0 Å². The van der Waals surface area contributed by atoms with E-state index in [2.05, 4.69) is 22.5 Å². The van der Waals surface area contributed by atoms with Gasteiger partial charge in [-0.3, -0.25) is 4.99 Å². The minimum absolute atomic E-state index is 0.176. The molecule has 26 heavy (non-hydrogen) atoms. The summed E-state index contributed by atoms with van der Waals surface area (Å²) in [5.41, 5.74) is 0. The van der Waals surface area contributed by atoms with E-state index in [-0.39, 0.29) is 12.1 Å². The SMILES string of the molecule is CN=C(NCCCOc1cccc(OC)c1)NC(C)COC1CCOC1. The topological polar surface area (TPSA) is 73.3 Å². The molecule has 1 aliphatic heterocycles. The van der Waals surface area contributed by atoms with Crippen LogP contribution in [0.2, 0.25) is 0 Å². The first kappa shape index (κ1) is 20.3. The standard InChI is InChI=1S/C19H31N3O4/c1-15(13-26-18-8-11-24-14-18)22-19(20-2)21-9-5-10-25-17-7-4-6-16(12-17)23-3/h4,6-7,12,15,18H,5,8-11,13-14H2,1-3H3,(H2,20,21,22). The van der Waals surface area contributed by atoms with Crippen molar-refractivity contribution in [3.05, 3.63) is 24.3 Å². The predicted molar refractivity (Wildman–Crippen MR) is 102 cm³/mol. The Morgan fingerprint density at radius 1 is 1.38 bits per heavy atom. The molecule has 7 nitrogen and oxygen atoms in total. The fourth-order valence-electron chi connectivity index (χ4n) is 2.55. The molecule has 2 N–H and O–H groups in total. The number of nitrogens with zero attached hydrogens (tertiary/aromatic N) is 1. The number of benzene rings is 1. The number of hydrogen-bond donors (Lipinski definition) is 2. The molecule has 0 bridgehead atoms. The van der Waals surface area contributed by atoms with Gasteiger partial charge in [0.25, 0.3) is 0 Å². The lowest BCUT2D eigenvalue weighted by Crippen LogP contribution is -2.45. The Bertz CT molecular complexity index is 547. The summed E-state index contributed by atoms with van der Waals surface area (Å²) in [7, 11) is 3.41. The predicted octanol–water partition coefficient (Wildman–Crippen LogP) is 1.82. The molecule has 0 saturated carbocycles. The highest BCUT2D eigenvalue weighted by atomic mass is 16.5. The number of methoxy groups -OCH3 is 1. The molecule has 1 fully saturated rings. The molecule has 0 aliphatic carbocycles. The number of nitrogens with one attached hydrogen (secondary N) is 2. The van der Waals surface area contributed by atoms with Crippen LogP contribution in [0.5, 0.6) is 11.5 Å². The number of ether oxygens (including phenoxy) is 4. The van der Waals surface area contributed by atoms with E-state index in [4.69, 9.17) is 18.9 Å². The average Bonchev–Trinajstić information content (AvgIpc) is 3.19. The van der Waals surface area contributed by atoms with E-state index in [1.807, 2.05) is 24.3 Å². The van der Waals surface area contributed by atoms with E-state index < -0.39 is 0 Å². The van der Waals surface area contributed by atoms with Gasteiger partial charge < -0.3 is 29.6 Å². The van der Waals surface area contributed by atoms with E-state index in [1.165, 1.54) is 0 Å². The van der Waals surface area contributed by atoms with Gasteiger partial charge in [0, 0.05) is 32.3 Å². The van der Waals surface area contributed by atoms with Gasteiger partial charge in [0.1, 0.15) is 11.5 Å². The van der Waals surface area contributed by atoms with Crippen LogP contribution < -0.4 is 20.1 Å². The van der Waals surface area contributed by atoms with Crippen molar-refractivity contribution in [2.45, 2.75) is 31.9 Å². The van der Waals surface area contributed by atoms with E-state index >= 15 is 0 Å². The molecule has 0 spiro atoms. The molecule has 2 atom stereocenters. The molecule has 2 rings (SSSR count). The van der Waals surface area contributed by atoms with Gasteiger partial charge in [0.15, 0.2) is 5.96 Å². The van der Waals surface area contributed by atoms with E-state index in [0.717, 1.165) is 43.5 Å². The van der Waals surface area contributed by atoms with Crippen LogP contribution in [0.15, 0.2) is 29.3 Å². The summed E-state index contributed by atoms with van der Waals surface area (Å²) in [6.07, 6.45) is 2.07. The first-order chi connectivity index (χ1) is 12.7. The van der Waals surface area contributed by atoms with Gasteiger partial charge in [0.2, 0.25) is 0 Å². The molecule has 146 valence electrons. The van der Waals surface area contributed by atoms with E-state index in [0.29, 0.717) is 19.8 Å². The Hall–Kier alpha value is -1.99. The minimum atomic E-state index is 0.176. The average molecular weight is 365 g/mol. The lowest BCUT2D eigenvalue weighted by molar-refractivity contribution is 0.0347. The fraction of sp³-hybridized carbons (Fsp3) is 0.632. The molecule has 1 heterocycles. The molecule has 1 aromatic carbocycles. The zero-order valence-corrected chi connectivity index (χ0v) is 16.0. The van der Waals surface area contributed by atoms with Gasteiger partial charge in [-0.05, 0) is 31.9 Å². The maximum absolute atomic E-state index is 5.82. The lowest BCUT2D eigenvalue weighted by Gasteiger charge is -2.19. The van der Waals surface area contributed by atoms with Gasteiger partial charge >= 0.3 is 0 Å². The van der Waals surface area contributed by atoms with Gasteiger partial charge in [-0.15, -0.1) is 0 Å². The number of aliphatic imine (C=N–C) groups is 1. The molecule has 0 aromatic heterocycles. The highest BCUT2D eigenvalue weighted by Gasteiger charge is 2.17. The summed E-state index contributed by atoms with van der Waals surface area (Å²) in [6, 6.07) is 7.79. The Kier molecular flexibility index (Phi) is 9.06. The summed E-state index contributed by atoms with van der Waals surface area (Å²) in [5, 5.41) is 6.62. The van der Waals surface area contributed by atoms with Crippen LogP contribution in [0.1, 0.15) is 19.8 Å². The molecule has 7 heteroatoms. The monoisotopic (exact) mass is 365 g/mol. The van der Waals surface area contributed by atoms with Crippen molar-refractivity contribution in [1.29, 1.82) is 0 Å². The summed E-state index contributed by atoms with van der Waals surface area (Å²) < 4.78 is 22.0. The third-order valence-corrected chi connectivity index (χ3v) is 4.00. The molecular weight excluding hydrogens is 334 g/mol. The molecule has 0 radical (unpaired) electrons.